The first-order chi connectivity index (χ1) is 9.22. The average Bonchev–Trinajstić information content (AvgIpc) is 2.87. The van der Waals surface area contributed by atoms with Gasteiger partial charge in [-0.15, -0.1) is 0 Å². The van der Waals surface area contributed by atoms with Crippen LogP contribution in [-0.4, -0.2) is 19.4 Å². The van der Waals surface area contributed by atoms with E-state index in [1.165, 1.54) is 6.20 Å². The minimum absolute atomic E-state index is 0.0650. The average molecular weight is 257 g/mol. The number of hydrogen-bond acceptors (Lipinski definition) is 6. The summed E-state index contributed by atoms with van der Waals surface area (Å²) in [5.41, 5.74) is 3.05. The number of hydrogen-bond donors (Lipinski definition) is 3. The highest BCUT2D eigenvalue weighted by Gasteiger charge is 2.13. The molecule has 0 aliphatic heterocycles. The zero-order valence-corrected chi connectivity index (χ0v) is 9.82. The lowest BCUT2D eigenvalue weighted by atomic mass is 10.3. The van der Waals surface area contributed by atoms with Crippen molar-refractivity contribution in [3.8, 4) is 5.69 Å². The normalized spacial score (nSPS) is 10.8. The predicted molar refractivity (Wildman–Crippen MR) is 71.1 cm³/mol. The van der Waals surface area contributed by atoms with E-state index in [2.05, 4.69) is 15.5 Å². The van der Waals surface area contributed by atoms with E-state index in [9.17, 15) is 4.79 Å². The molecule has 96 valence electrons. The van der Waals surface area contributed by atoms with Crippen LogP contribution in [0, 0.1) is 0 Å². The quantitative estimate of drug-likeness (QED) is 0.424. The Kier molecular flexibility index (Phi) is 2.43. The summed E-state index contributed by atoms with van der Waals surface area (Å²) in [6.07, 6.45) is 1.43. The fourth-order valence-electron chi connectivity index (χ4n) is 1.84. The van der Waals surface area contributed by atoms with Gasteiger partial charge in [0.15, 0.2) is 5.65 Å². The third-order valence-corrected chi connectivity index (χ3v) is 2.76. The van der Waals surface area contributed by atoms with Gasteiger partial charge in [-0.25, -0.2) is 10.5 Å². The Bertz CT molecular complexity index is 790. The Balaban J connectivity index is 2.35. The van der Waals surface area contributed by atoms with Gasteiger partial charge in [0.1, 0.15) is 5.39 Å². The number of nitrogens with one attached hydrogen (secondary N) is 1. The molecule has 0 saturated carbocycles. The number of nitrogens with zero attached hydrogens (tertiary/aromatic N) is 4. The van der Waals surface area contributed by atoms with Crippen molar-refractivity contribution in [1.82, 2.24) is 19.4 Å². The second-order valence-electron chi connectivity index (χ2n) is 3.88. The molecule has 0 aliphatic rings. The molecule has 8 heteroatoms. The van der Waals surface area contributed by atoms with E-state index in [0.29, 0.717) is 11.0 Å². The zero-order chi connectivity index (χ0) is 13.4. The van der Waals surface area contributed by atoms with E-state index in [4.69, 9.17) is 11.7 Å². The topological polar surface area (TPSA) is 117 Å². The highest BCUT2D eigenvalue weighted by Crippen LogP contribution is 2.14. The number of nitrogens with two attached hydrogens (primary N) is 2. The number of rotatable bonds is 2. The molecule has 8 nitrogen and oxygen atoms in total. The summed E-state index contributed by atoms with van der Waals surface area (Å²) in [4.78, 5) is 16.2. The fraction of sp³-hybridized carbons (Fsp3) is 0. The van der Waals surface area contributed by atoms with Gasteiger partial charge in [-0.3, -0.25) is 10.2 Å². The van der Waals surface area contributed by atoms with Crippen LogP contribution in [-0.2, 0) is 0 Å². The molecule has 0 spiro atoms. The van der Waals surface area contributed by atoms with Crippen LogP contribution in [0.1, 0.15) is 0 Å². The molecule has 3 aromatic rings. The Morgan fingerprint density at radius 1 is 1.21 bits per heavy atom. The maximum atomic E-state index is 12.0. The molecule has 0 radical (unpaired) electrons. The first kappa shape index (κ1) is 11.2. The summed E-state index contributed by atoms with van der Waals surface area (Å²) in [5, 5.41) is 4.48. The maximum absolute atomic E-state index is 12.0. The lowest BCUT2D eigenvalue weighted by molar-refractivity contribution is 0.874. The molecule has 0 amide bonds. The van der Waals surface area contributed by atoms with E-state index < -0.39 is 5.56 Å². The maximum Gasteiger partial charge on any atom is 0.284 e. The highest BCUT2D eigenvalue weighted by molar-refractivity contribution is 5.76. The van der Waals surface area contributed by atoms with Crippen LogP contribution in [0.15, 0.2) is 41.3 Å². The van der Waals surface area contributed by atoms with Gasteiger partial charge in [-0.1, -0.05) is 18.2 Å². The number of nitrogen functional groups attached to an aromatic ring is 2. The minimum atomic E-state index is -0.417. The van der Waals surface area contributed by atoms with E-state index in [1.54, 1.807) is 4.68 Å². The molecule has 0 unspecified atom stereocenters. The van der Waals surface area contributed by atoms with Crippen molar-refractivity contribution in [2.24, 2.45) is 5.84 Å². The smallest absolute Gasteiger partial charge is 0.284 e. The Labute approximate surface area is 107 Å². The molecule has 0 bridgehead atoms. The molecule has 0 fully saturated rings. The summed E-state index contributed by atoms with van der Waals surface area (Å²) in [6, 6.07) is 9.35. The van der Waals surface area contributed by atoms with Crippen LogP contribution >= 0.6 is 0 Å². The molecule has 19 heavy (non-hydrogen) atoms. The van der Waals surface area contributed by atoms with Crippen molar-refractivity contribution in [2.45, 2.75) is 0 Å². The third kappa shape index (κ3) is 1.62. The first-order valence-electron chi connectivity index (χ1n) is 5.50. The first-order valence-corrected chi connectivity index (χ1v) is 5.50. The van der Waals surface area contributed by atoms with Gasteiger partial charge in [0.25, 0.3) is 5.56 Å². The van der Waals surface area contributed by atoms with Gasteiger partial charge >= 0.3 is 0 Å². The Hall–Kier alpha value is -2.87. The number of anilines is 1. The second kappa shape index (κ2) is 4.10. The van der Waals surface area contributed by atoms with Crippen molar-refractivity contribution in [3.63, 3.8) is 0 Å². The predicted octanol–water partition coefficient (Wildman–Crippen LogP) is -0.418. The lowest BCUT2D eigenvalue weighted by Gasteiger charge is -2.07. The molecule has 1 aromatic carbocycles. The van der Waals surface area contributed by atoms with Gasteiger partial charge in [-0.05, 0) is 12.1 Å². The number of benzene rings is 1. The van der Waals surface area contributed by atoms with E-state index >= 15 is 0 Å². The molecule has 0 atom stereocenters. The van der Waals surface area contributed by atoms with E-state index in [1.807, 2.05) is 30.3 Å². The summed E-state index contributed by atoms with van der Waals surface area (Å²) in [7, 11) is 0. The van der Waals surface area contributed by atoms with Crippen LogP contribution in [0.3, 0.4) is 0 Å². The van der Waals surface area contributed by atoms with Crippen LogP contribution in [0.25, 0.3) is 16.7 Å². The molecule has 2 heterocycles. The number of fused-ring (bicyclic) bond motifs is 1. The molecule has 2 aromatic heterocycles. The van der Waals surface area contributed by atoms with Gasteiger partial charge < -0.3 is 5.84 Å². The lowest BCUT2D eigenvalue weighted by Crippen LogP contribution is -2.32. The molecule has 5 N–H and O–H groups in total. The van der Waals surface area contributed by atoms with Crippen LogP contribution < -0.4 is 22.7 Å². The largest absolute Gasteiger partial charge is 0.333 e. The van der Waals surface area contributed by atoms with Crippen LogP contribution in [0.5, 0.6) is 0 Å². The Morgan fingerprint density at radius 2 is 1.95 bits per heavy atom. The van der Waals surface area contributed by atoms with Gasteiger partial charge in [-0.2, -0.15) is 14.8 Å². The number of para-hydroxylation sites is 1. The zero-order valence-electron chi connectivity index (χ0n) is 9.82. The van der Waals surface area contributed by atoms with E-state index in [-0.39, 0.29) is 5.95 Å². The van der Waals surface area contributed by atoms with Crippen LogP contribution in [0.2, 0.25) is 0 Å². The minimum Gasteiger partial charge on any atom is -0.333 e. The van der Waals surface area contributed by atoms with Crippen molar-refractivity contribution < 1.29 is 0 Å². The standard InChI is InChI=1S/C11H11N7O/c12-16-11-15-9-8(10(19)17(11)13)6-14-18(9)7-4-2-1-3-5-7/h1-6H,12-13H2,(H,15,16). The fourth-order valence-corrected chi connectivity index (χ4v) is 1.84. The van der Waals surface area contributed by atoms with Crippen molar-refractivity contribution in [1.29, 1.82) is 0 Å². The molecule has 3 rings (SSSR count). The van der Waals surface area contributed by atoms with E-state index in [0.717, 1.165) is 10.4 Å². The van der Waals surface area contributed by atoms with Crippen molar-refractivity contribution in [3.05, 3.63) is 46.9 Å². The van der Waals surface area contributed by atoms with Gasteiger partial charge in [0.2, 0.25) is 5.95 Å². The summed E-state index contributed by atoms with van der Waals surface area (Å²) < 4.78 is 2.40. The van der Waals surface area contributed by atoms with Crippen molar-refractivity contribution in [2.75, 3.05) is 11.3 Å². The summed E-state index contributed by atoms with van der Waals surface area (Å²) in [5.74, 6) is 10.9. The summed E-state index contributed by atoms with van der Waals surface area (Å²) >= 11 is 0. The molecule has 0 aliphatic carbocycles. The third-order valence-electron chi connectivity index (χ3n) is 2.76. The number of hydrazine groups is 1. The van der Waals surface area contributed by atoms with Crippen LogP contribution in [0.4, 0.5) is 5.95 Å². The second-order valence-corrected chi connectivity index (χ2v) is 3.88. The molecular weight excluding hydrogens is 246 g/mol. The monoisotopic (exact) mass is 257 g/mol. The highest BCUT2D eigenvalue weighted by atomic mass is 16.1. The molecule has 0 saturated heterocycles. The SMILES string of the molecule is NNc1nc2c(cnn2-c2ccccc2)c(=O)n1N. The van der Waals surface area contributed by atoms with Gasteiger partial charge in [0.05, 0.1) is 11.9 Å². The number of aromatic nitrogens is 4. The summed E-state index contributed by atoms with van der Waals surface area (Å²) in [6.45, 7) is 0. The Morgan fingerprint density at radius 3 is 2.63 bits per heavy atom. The molecular formula is C11H11N7O. The van der Waals surface area contributed by atoms with Crippen molar-refractivity contribution >= 4 is 17.0 Å². The van der Waals surface area contributed by atoms with Gasteiger partial charge in [0, 0.05) is 0 Å².